The van der Waals surface area contributed by atoms with Gasteiger partial charge in [-0.15, -0.1) is 0 Å². The summed E-state index contributed by atoms with van der Waals surface area (Å²) >= 11 is 0. The number of quaternary nitrogens is 1. The van der Waals surface area contributed by atoms with Crippen molar-refractivity contribution in [2.45, 2.75) is 341 Å². The molecule has 2 unspecified atom stereocenters. The number of rotatable bonds is 67. The van der Waals surface area contributed by atoms with E-state index in [0.717, 1.165) is 70.6 Å². The Morgan fingerprint density at radius 3 is 0.988 bits per heavy atom. The van der Waals surface area contributed by atoms with E-state index in [4.69, 9.17) is 18.5 Å². The predicted molar refractivity (Wildman–Crippen MR) is 372 cm³/mol. The molecule has 0 aliphatic carbocycles. The average Bonchev–Trinajstić information content (AvgIpc) is 3.56. The van der Waals surface area contributed by atoms with Crippen LogP contribution in [0.25, 0.3) is 0 Å². The third-order valence-corrected chi connectivity index (χ3v) is 16.9. The van der Waals surface area contributed by atoms with Crippen molar-refractivity contribution in [1.29, 1.82) is 0 Å². The molecule has 0 aliphatic heterocycles. The zero-order chi connectivity index (χ0) is 62.6. The summed E-state index contributed by atoms with van der Waals surface area (Å²) in [5.74, 6) is -0.783. The van der Waals surface area contributed by atoms with Gasteiger partial charge in [-0.1, -0.05) is 317 Å². The van der Waals surface area contributed by atoms with Crippen molar-refractivity contribution in [1.82, 2.24) is 0 Å². The molecule has 0 aromatic heterocycles. The minimum atomic E-state index is -4.39. The lowest BCUT2D eigenvalue weighted by Gasteiger charge is -2.24. The number of hydrogen-bond donors (Lipinski definition) is 1. The van der Waals surface area contributed by atoms with Gasteiger partial charge in [-0.25, -0.2) is 4.57 Å². The largest absolute Gasteiger partial charge is 0.472 e. The van der Waals surface area contributed by atoms with Gasteiger partial charge in [0.05, 0.1) is 27.7 Å². The third kappa shape index (κ3) is 70.3. The van der Waals surface area contributed by atoms with Gasteiger partial charge < -0.3 is 18.9 Å². The Labute approximate surface area is 532 Å². The van der Waals surface area contributed by atoms with Crippen LogP contribution in [-0.4, -0.2) is 74.9 Å². The minimum Gasteiger partial charge on any atom is -0.462 e. The lowest BCUT2D eigenvalue weighted by atomic mass is 10.0. The molecule has 2 atom stereocenters. The van der Waals surface area contributed by atoms with Crippen LogP contribution in [-0.2, 0) is 32.7 Å². The standard InChI is InChI=1S/C76H138NO8P/c1-6-8-10-12-14-16-18-20-22-24-26-28-30-32-34-35-36-37-38-39-40-41-43-45-47-49-51-53-55-57-59-61-63-65-67-69-76(79)85-74(73-84-86(80,81)83-71-70-77(3,4)5)72-82-75(78)68-66-64-62-60-58-56-54-52-50-48-46-44-42-33-31-29-27-25-23-21-19-17-15-13-11-9-7-2/h8,10,14,16,19-22,25-28,32,34,74H,6-7,9,11-13,15,17-18,23-24,29-31,33,35-73H2,1-5H3/p+1/b10-8-,16-14-,21-19-,22-20-,27-25-,28-26-,34-32-. The summed E-state index contributed by atoms with van der Waals surface area (Å²) in [6, 6.07) is 0. The molecule has 9 nitrogen and oxygen atoms in total. The highest BCUT2D eigenvalue weighted by atomic mass is 31.2. The normalized spacial score (nSPS) is 13.6. The Balaban J connectivity index is 3.99. The number of carbonyl (C=O) groups is 2. The van der Waals surface area contributed by atoms with Gasteiger partial charge in [-0.2, -0.15) is 0 Å². The van der Waals surface area contributed by atoms with Crippen LogP contribution in [0.3, 0.4) is 0 Å². The second-order valence-electron chi connectivity index (χ2n) is 25.6. The monoisotopic (exact) mass is 1230 g/mol. The van der Waals surface area contributed by atoms with Crippen molar-refractivity contribution < 1.29 is 42.1 Å². The topological polar surface area (TPSA) is 108 Å². The molecular weight excluding hydrogens is 1090 g/mol. The number of phosphoric ester groups is 1. The Bertz CT molecular complexity index is 1730. The van der Waals surface area contributed by atoms with Crippen LogP contribution in [0.2, 0.25) is 0 Å². The van der Waals surface area contributed by atoms with Crippen LogP contribution < -0.4 is 0 Å². The second kappa shape index (κ2) is 66.6. The van der Waals surface area contributed by atoms with Crippen molar-refractivity contribution in [2.75, 3.05) is 47.5 Å². The molecule has 0 amide bonds. The van der Waals surface area contributed by atoms with E-state index < -0.39 is 26.5 Å². The summed E-state index contributed by atoms with van der Waals surface area (Å²) in [4.78, 5) is 35.9. The number of unbranched alkanes of at least 4 members (excludes halogenated alkanes) is 39. The lowest BCUT2D eigenvalue weighted by molar-refractivity contribution is -0.870. The van der Waals surface area contributed by atoms with E-state index in [2.05, 4.69) is 98.9 Å². The fourth-order valence-electron chi connectivity index (χ4n) is 10.4. The molecular formula is C76H139NO8P+. The maximum absolute atomic E-state index is 12.9. The van der Waals surface area contributed by atoms with E-state index in [0.29, 0.717) is 17.4 Å². The first kappa shape index (κ1) is 83.2. The van der Waals surface area contributed by atoms with Crippen LogP contribution in [0.15, 0.2) is 85.1 Å². The molecule has 0 aromatic rings. The van der Waals surface area contributed by atoms with Gasteiger partial charge in [0, 0.05) is 12.8 Å². The van der Waals surface area contributed by atoms with Crippen molar-refractivity contribution in [3.63, 3.8) is 0 Å². The first-order valence-electron chi connectivity index (χ1n) is 36.3. The molecule has 0 aliphatic rings. The average molecular weight is 1230 g/mol. The van der Waals surface area contributed by atoms with Gasteiger partial charge in [-0.3, -0.25) is 18.6 Å². The highest BCUT2D eigenvalue weighted by molar-refractivity contribution is 7.47. The molecule has 0 spiro atoms. The van der Waals surface area contributed by atoms with Gasteiger partial charge in [0.15, 0.2) is 6.10 Å². The first-order chi connectivity index (χ1) is 42.0. The van der Waals surface area contributed by atoms with Gasteiger partial charge in [0.2, 0.25) is 0 Å². The number of hydrogen-bond acceptors (Lipinski definition) is 7. The number of phosphoric acid groups is 1. The molecule has 86 heavy (non-hydrogen) atoms. The molecule has 0 rings (SSSR count). The number of nitrogens with zero attached hydrogens (tertiary/aromatic N) is 1. The van der Waals surface area contributed by atoms with Crippen LogP contribution in [0.4, 0.5) is 0 Å². The Kier molecular flexibility index (Phi) is 64.4. The molecule has 0 aromatic carbocycles. The van der Waals surface area contributed by atoms with E-state index in [1.807, 2.05) is 21.1 Å². The summed E-state index contributed by atoms with van der Waals surface area (Å²) in [5, 5.41) is 0. The van der Waals surface area contributed by atoms with Crippen molar-refractivity contribution >= 4 is 19.8 Å². The van der Waals surface area contributed by atoms with Gasteiger partial charge in [-0.05, 0) is 89.9 Å². The van der Waals surface area contributed by atoms with E-state index in [-0.39, 0.29) is 32.0 Å². The number of esters is 2. The molecule has 500 valence electrons. The molecule has 0 saturated heterocycles. The van der Waals surface area contributed by atoms with Crippen molar-refractivity contribution in [3.05, 3.63) is 85.1 Å². The summed E-state index contributed by atoms with van der Waals surface area (Å²) in [6.45, 7) is 4.36. The Morgan fingerprint density at radius 2 is 0.663 bits per heavy atom. The van der Waals surface area contributed by atoms with Crippen LogP contribution >= 0.6 is 7.82 Å². The molecule has 0 saturated carbocycles. The van der Waals surface area contributed by atoms with E-state index in [1.54, 1.807) is 0 Å². The maximum atomic E-state index is 12.9. The van der Waals surface area contributed by atoms with Crippen LogP contribution in [0, 0.1) is 0 Å². The number of likely N-dealkylation sites (N-methyl/N-ethyl adjacent to an activating group) is 1. The minimum absolute atomic E-state index is 0.0315. The van der Waals surface area contributed by atoms with Crippen molar-refractivity contribution in [2.24, 2.45) is 0 Å². The SMILES string of the molecule is CC/C=C\C/C=C\C/C=C\C/C=C\C/C=C\CCCCCCCCCCCCCCCCCCCCCC(=O)OC(COC(=O)CCCCCCCCCCCCCCCCC/C=C\C/C=C\CCCCCCC)COP(=O)(O)OCC[N+](C)(C)C. The Morgan fingerprint density at radius 1 is 0.372 bits per heavy atom. The molecule has 0 bridgehead atoms. The van der Waals surface area contributed by atoms with Crippen LogP contribution in [0.5, 0.6) is 0 Å². The number of allylic oxidation sites excluding steroid dienone is 14. The predicted octanol–water partition coefficient (Wildman–Crippen LogP) is 23.7. The number of ether oxygens (including phenoxy) is 2. The third-order valence-electron chi connectivity index (χ3n) is 15.9. The zero-order valence-corrected chi connectivity index (χ0v) is 57.9. The highest BCUT2D eigenvalue weighted by Gasteiger charge is 2.27. The van der Waals surface area contributed by atoms with Gasteiger partial charge in [0.1, 0.15) is 19.8 Å². The summed E-state index contributed by atoms with van der Waals surface area (Å²) < 4.78 is 34.8. The molecule has 0 radical (unpaired) electrons. The van der Waals surface area contributed by atoms with E-state index >= 15 is 0 Å². The second-order valence-corrected chi connectivity index (χ2v) is 27.0. The van der Waals surface area contributed by atoms with Crippen molar-refractivity contribution in [3.8, 4) is 0 Å². The zero-order valence-electron chi connectivity index (χ0n) is 57.0. The smallest absolute Gasteiger partial charge is 0.462 e. The fourth-order valence-corrected chi connectivity index (χ4v) is 11.1. The number of carbonyl (C=O) groups excluding carboxylic acids is 2. The quantitative estimate of drug-likeness (QED) is 0.0211. The first-order valence-corrected chi connectivity index (χ1v) is 37.8. The molecule has 1 N–H and O–H groups in total. The van der Waals surface area contributed by atoms with Gasteiger partial charge >= 0.3 is 19.8 Å². The summed E-state index contributed by atoms with van der Waals surface area (Å²) in [7, 11) is 1.49. The summed E-state index contributed by atoms with van der Waals surface area (Å²) in [6.07, 6.45) is 91.2. The maximum Gasteiger partial charge on any atom is 0.472 e. The molecule has 0 heterocycles. The fraction of sp³-hybridized carbons (Fsp3) is 0.789. The lowest BCUT2D eigenvalue weighted by Crippen LogP contribution is -2.37. The Hall–Kier alpha value is -2.81. The molecule has 0 fully saturated rings. The van der Waals surface area contributed by atoms with Gasteiger partial charge in [0.25, 0.3) is 0 Å². The van der Waals surface area contributed by atoms with E-state index in [9.17, 15) is 19.0 Å². The highest BCUT2D eigenvalue weighted by Crippen LogP contribution is 2.43. The van der Waals surface area contributed by atoms with E-state index in [1.165, 1.54) is 231 Å². The van der Waals surface area contributed by atoms with Crippen LogP contribution in [0.1, 0.15) is 335 Å². The summed E-state index contributed by atoms with van der Waals surface area (Å²) in [5.41, 5.74) is 0. The molecule has 10 heteroatoms.